The normalized spacial score (nSPS) is 12.9. The van der Waals surface area contributed by atoms with Gasteiger partial charge in [-0.25, -0.2) is 9.97 Å². The van der Waals surface area contributed by atoms with Crippen LogP contribution in [-0.2, 0) is 6.42 Å². The Labute approximate surface area is 128 Å². The fraction of sp³-hybridized carbons (Fsp3) is 0.333. The second kappa shape index (κ2) is 5.87. The summed E-state index contributed by atoms with van der Waals surface area (Å²) in [6, 6.07) is 5.77. The maximum Gasteiger partial charge on any atom is 0.133 e. The van der Waals surface area contributed by atoms with Gasteiger partial charge in [0.05, 0.1) is 12.3 Å². The van der Waals surface area contributed by atoms with Crippen LogP contribution in [0, 0.1) is 6.92 Å². The van der Waals surface area contributed by atoms with E-state index < -0.39 is 0 Å². The summed E-state index contributed by atoms with van der Waals surface area (Å²) < 4.78 is 0. The summed E-state index contributed by atoms with van der Waals surface area (Å²) in [4.78, 5) is 9.09. The molecule has 0 atom stereocenters. The van der Waals surface area contributed by atoms with E-state index in [9.17, 15) is 0 Å². The summed E-state index contributed by atoms with van der Waals surface area (Å²) in [7, 11) is 0. The van der Waals surface area contributed by atoms with Crippen molar-refractivity contribution >= 4 is 23.1 Å². The van der Waals surface area contributed by atoms with Crippen LogP contribution >= 0.6 is 11.6 Å². The number of aryl methyl sites for hydroxylation is 1. The number of nitrogens with zero attached hydrogens (tertiary/aromatic N) is 2. The number of fused-ring (bicyclic) bond motifs is 3. The van der Waals surface area contributed by atoms with Crippen molar-refractivity contribution in [1.82, 2.24) is 9.97 Å². The van der Waals surface area contributed by atoms with Crippen LogP contribution in [0.4, 0.5) is 11.5 Å². The number of aliphatic hydroxyl groups is 1. The van der Waals surface area contributed by atoms with E-state index in [-0.39, 0.29) is 6.61 Å². The first-order chi connectivity index (χ1) is 10.2. The lowest BCUT2D eigenvalue weighted by atomic mass is 10.0. The Kier molecular flexibility index (Phi) is 3.94. The first kappa shape index (κ1) is 14.1. The molecule has 0 bridgehead atoms. The minimum atomic E-state index is 0.0717. The van der Waals surface area contributed by atoms with Crippen LogP contribution < -0.4 is 10.6 Å². The molecule has 110 valence electrons. The van der Waals surface area contributed by atoms with Crippen molar-refractivity contribution in [3.63, 3.8) is 0 Å². The molecule has 3 N–H and O–H groups in total. The largest absolute Gasteiger partial charge is 0.395 e. The molecule has 2 heterocycles. The van der Waals surface area contributed by atoms with E-state index in [2.05, 4.69) is 20.6 Å². The highest BCUT2D eigenvalue weighted by atomic mass is 35.5. The van der Waals surface area contributed by atoms with Crippen LogP contribution in [0.25, 0.3) is 11.3 Å². The number of rotatable bonds is 3. The number of anilines is 2. The van der Waals surface area contributed by atoms with E-state index in [0.29, 0.717) is 17.4 Å². The van der Waals surface area contributed by atoms with E-state index in [4.69, 9.17) is 16.7 Å². The van der Waals surface area contributed by atoms with E-state index in [1.165, 1.54) is 0 Å². The molecule has 0 spiro atoms. The number of halogens is 1. The van der Waals surface area contributed by atoms with Crippen LogP contribution in [0.3, 0.4) is 0 Å². The molecule has 5 nitrogen and oxygen atoms in total. The molecule has 1 aromatic heterocycles. The molecule has 3 rings (SSSR count). The topological polar surface area (TPSA) is 70.1 Å². The average molecular weight is 305 g/mol. The van der Waals surface area contributed by atoms with E-state index in [0.717, 1.165) is 41.3 Å². The minimum absolute atomic E-state index is 0.0717. The Morgan fingerprint density at radius 3 is 3.05 bits per heavy atom. The van der Waals surface area contributed by atoms with Crippen LogP contribution in [-0.4, -0.2) is 34.8 Å². The number of benzene rings is 1. The zero-order valence-corrected chi connectivity index (χ0v) is 12.5. The van der Waals surface area contributed by atoms with Gasteiger partial charge in [-0.15, -0.1) is 0 Å². The molecule has 2 aromatic rings. The molecule has 0 fully saturated rings. The Hall–Kier alpha value is -1.85. The zero-order chi connectivity index (χ0) is 14.8. The molecular formula is C15H17ClN4O. The summed E-state index contributed by atoms with van der Waals surface area (Å²) in [5.41, 5.74) is 4.03. The summed E-state index contributed by atoms with van der Waals surface area (Å²) >= 11 is 6.08. The fourth-order valence-electron chi connectivity index (χ4n) is 2.57. The van der Waals surface area contributed by atoms with Gasteiger partial charge in [0, 0.05) is 34.9 Å². The smallest absolute Gasteiger partial charge is 0.133 e. The highest BCUT2D eigenvalue weighted by Gasteiger charge is 2.20. The minimum Gasteiger partial charge on any atom is -0.395 e. The number of hydrogen-bond acceptors (Lipinski definition) is 5. The Morgan fingerprint density at radius 2 is 2.24 bits per heavy atom. The predicted molar refractivity (Wildman–Crippen MR) is 85.0 cm³/mol. The molecule has 0 saturated heterocycles. The Balaban J connectivity index is 2.15. The molecular weight excluding hydrogens is 288 g/mol. The van der Waals surface area contributed by atoms with Crippen molar-refractivity contribution in [3.8, 4) is 11.3 Å². The summed E-state index contributed by atoms with van der Waals surface area (Å²) in [5, 5.41) is 16.3. The van der Waals surface area contributed by atoms with E-state index in [1.807, 2.05) is 25.1 Å². The van der Waals surface area contributed by atoms with Crippen molar-refractivity contribution in [3.05, 3.63) is 34.6 Å². The summed E-state index contributed by atoms with van der Waals surface area (Å²) in [6.07, 6.45) is 0.815. The van der Waals surface area contributed by atoms with Crippen molar-refractivity contribution in [2.75, 3.05) is 30.3 Å². The molecule has 1 aliphatic rings. The Morgan fingerprint density at radius 1 is 1.38 bits per heavy atom. The van der Waals surface area contributed by atoms with Crippen molar-refractivity contribution in [2.24, 2.45) is 0 Å². The van der Waals surface area contributed by atoms with Crippen LogP contribution in [0.2, 0.25) is 5.02 Å². The number of nitrogens with one attached hydrogen (secondary N) is 2. The van der Waals surface area contributed by atoms with Crippen molar-refractivity contribution in [2.45, 2.75) is 13.3 Å². The van der Waals surface area contributed by atoms with Gasteiger partial charge in [-0.3, -0.25) is 0 Å². The number of hydrogen-bond donors (Lipinski definition) is 3. The molecule has 0 amide bonds. The van der Waals surface area contributed by atoms with Crippen molar-refractivity contribution < 1.29 is 5.11 Å². The third-order valence-electron chi connectivity index (χ3n) is 3.45. The van der Waals surface area contributed by atoms with Gasteiger partial charge in [0.25, 0.3) is 0 Å². The van der Waals surface area contributed by atoms with Crippen LogP contribution in [0.1, 0.15) is 11.4 Å². The van der Waals surface area contributed by atoms with Crippen LogP contribution in [0.5, 0.6) is 0 Å². The van der Waals surface area contributed by atoms with Crippen molar-refractivity contribution in [1.29, 1.82) is 0 Å². The lowest BCUT2D eigenvalue weighted by molar-refractivity contribution is 0.311. The fourth-order valence-corrected chi connectivity index (χ4v) is 2.74. The second-order valence-corrected chi connectivity index (χ2v) is 5.40. The lowest BCUT2D eigenvalue weighted by Gasteiger charge is -2.14. The molecule has 0 saturated carbocycles. The van der Waals surface area contributed by atoms with Gasteiger partial charge in [-0.2, -0.15) is 0 Å². The molecule has 6 heteroatoms. The quantitative estimate of drug-likeness (QED) is 0.812. The molecule has 1 aromatic carbocycles. The standard InChI is InChI=1S/C15H17ClN4O/c1-9-19-14-11-3-2-10(16)8-13(11)17-5-4-12(14)15(20-9)18-6-7-21/h2-3,8,17,21H,4-7H2,1H3,(H,18,19,20). The molecule has 1 aliphatic heterocycles. The van der Waals surface area contributed by atoms with Crippen LogP contribution in [0.15, 0.2) is 18.2 Å². The monoisotopic (exact) mass is 304 g/mol. The van der Waals surface area contributed by atoms with Gasteiger partial charge in [-0.1, -0.05) is 11.6 Å². The van der Waals surface area contributed by atoms with Gasteiger partial charge >= 0.3 is 0 Å². The highest BCUT2D eigenvalue weighted by molar-refractivity contribution is 6.31. The van der Waals surface area contributed by atoms with Gasteiger partial charge in [0.15, 0.2) is 0 Å². The highest BCUT2D eigenvalue weighted by Crippen LogP contribution is 2.36. The second-order valence-electron chi connectivity index (χ2n) is 4.96. The maximum absolute atomic E-state index is 9.01. The zero-order valence-electron chi connectivity index (χ0n) is 11.8. The third-order valence-corrected chi connectivity index (χ3v) is 3.69. The molecule has 21 heavy (non-hydrogen) atoms. The van der Waals surface area contributed by atoms with Gasteiger partial charge in [-0.05, 0) is 31.5 Å². The third kappa shape index (κ3) is 2.80. The first-order valence-electron chi connectivity index (χ1n) is 6.95. The molecule has 0 aliphatic carbocycles. The summed E-state index contributed by atoms with van der Waals surface area (Å²) in [6.45, 7) is 3.21. The Bertz CT molecular complexity index is 675. The van der Waals surface area contributed by atoms with E-state index in [1.54, 1.807) is 0 Å². The van der Waals surface area contributed by atoms with Gasteiger partial charge in [0.2, 0.25) is 0 Å². The average Bonchev–Trinajstić information content (AvgIpc) is 2.63. The predicted octanol–water partition coefficient (Wildman–Crippen LogP) is 2.48. The summed E-state index contributed by atoms with van der Waals surface area (Å²) in [5.74, 6) is 1.51. The number of aromatic nitrogens is 2. The van der Waals surface area contributed by atoms with Gasteiger partial charge < -0.3 is 15.7 Å². The first-order valence-corrected chi connectivity index (χ1v) is 7.33. The molecule has 0 unspecified atom stereocenters. The molecule has 0 radical (unpaired) electrons. The maximum atomic E-state index is 9.01. The SMILES string of the molecule is Cc1nc(NCCO)c2c(n1)-c1ccc(Cl)cc1NCC2. The number of aliphatic hydroxyl groups excluding tert-OH is 1. The van der Waals surface area contributed by atoms with E-state index >= 15 is 0 Å². The lowest BCUT2D eigenvalue weighted by Crippen LogP contribution is -2.12. The van der Waals surface area contributed by atoms with Gasteiger partial charge in [0.1, 0.15) is 11.6 Å².